The van der Waals surface area contributed by atoms with Crippen LogP contribution in [-0.2, 0) is 0 Å². The molecule has 0 radical (unpaired) electrons. The molecule has 0 N–H and O–H groups in total. The fourth-order valence-corrected chi connectivity index (χ4v) is 10.5. The van der Waals surface area contributed by atoms with Gasteiger partial charge in [-0.2, -0.15) is 0 Å². The molecule has 5 heterocycles. The van der Waals surface area contributed by atoms with E-state index in [0.29, 0.717) is 0 Å². The lowest BCUT2D eigenvalue weighted by molar-refractivity contribution is 1.16. The van der Waals surface area contributed by atoms with Crippen molar-refractivity contribution in [2.45, 2.75) is 0 Å². The molecule has 0 aliphatic rings. The van der Waals surface area contributed by atoms with Crippen LogP contribution in [0.2, 0.25) is 0 Å². The van der Waals surface area contributed by atoms with Crippen LogP contribution in [-0.4, -0.2) is 23.7 Å². The number of benzene rings is 9. The molecule has 9 aromatic carbocycles. The van der Waals surface area contributed by atoms with Gasteiger partial charge in [0.25, 0.3) is 0 Å². The summed E-state index contributed by atoms with van der Waals surface area (Å²) in [6.07, 6.45) is 7.50. The van der Waals surface area contributed by atoms with Gasteiger partial charge >= 0.3 is 0 Å². The first kappa shape index (κ1) is 32.7. The molecule has 282 valence electrons. The summed E-state index contributed by atoms with van der Waals surface area (Å²) in [6, 6.07) is 65.1. The molecule has 61 heavy (non-hydrogen) atoms. The van der Waals surface area contributed by atoms with Crippen molar-refractivity contribution in [3.05, 3.63) is 201 Å². The van der Waals surface area contributed by atoms with Crippen LogP contribution < -0.4 is 0 Å². The molecule has 0 saturated carbocycles. The molecule has 0 aliphatic heterocycles. The molecule has 0 spiro atoms. The Morgan fingerprint density at radius 1 is 0.262 bits per heavy atom. The Bertz CT molecular complexity index is 3780. The number of nitrogens with zero attached hydrogens (tertiary/aromatic N) is 5. The Balaban J connectivity index is 1.07. The number of para-hydroxylation sites is 1. The first-order valence-corrected chi connectivity index (χ1v) is 20.8. The molecule has 0 aliphatic carbocycles. The maximum atomic E-state index is 4.31. The molecule has 5 nitrogen and oxygen atoms in total. The topological polar surface area (TPSA) is 40.6 Å². The zero-order chi connectivity index (χ0) is 39.8. The highest BCUT2D eigenvalue weighted by Crippen LogP contribution is 2.45. The van der Waals surface area contributed by atoms with Crippen LogP contribution >= 0.6 is 0 Å². The summed E-state index contributed by atoms with van der Waals surface area (Å²) in [7, 11) is 0. The average molecular weight is 776 g/mol. The summed E-state index contributed by atoms with van der Waals surface area (Å²) in [4.78, 5) is 8.63. The Hall–Kier alpha value is -8.28. The summed E-state index contributed by atoms with van der Waals surface area (Å²) in [5.74, 6) is 0. The molecule has 0 atom stereocenters. The number of aromatic nitrogens is 5. The van der Waals surface area contributed by atoms with E-state index >= 15 is 0 Å². The Morgan fingerprint density at radius 3 is 1.20 bits per heavy atom. The van der Waals surface area contributed by atoms with E-state index in [1.807, 2.05) is 24.8 Å². The van der Waals surface area contributed by atoms with E-state index in [0.717, 1.165) is 28.2 Å². The predicted molar refractivity (Wildman–Crippen MR) is 253 cm³/mol. The van der Waals surface area contributed by atoms with Gasteiger partial charge in [0.1, 0.15) is 0 Å². The lowest BCUT2D eigenvalue weighted by atomic mass is 9.98. The van der Waals surface area contributed by atoms with Crippen molar-refractivity contribution in [2.75, 3.05) is 0 Å². The van der Waals surface area contributed by atoms with E-state index in [-0.39, 0.29) is 0 Å². The van der Waals surface area contributed by atoms with Gasteiger partial charge < -0.3 is 13.7 Å². The van der Waals surface area contributed by atoms with Gasteiger partial charge in [-0.1, -0.05) is 66.7 Å². The molecule has 0 fully saturated rings. The second-order valence-electron chi connectivity index (χ2n) is 16.3. The van der Waals surface area contributed by atoms with Crippen molar-refractivity contribution >= 4 is 87.0 Å². The summed E-state index contributed by atoms with van der Waals surface area (Å²) in [6.45, 7) is 0. The Kier molecular flexibility index (Phi) is 6.49. The minimum atomic E-state index is 1.13. The summed E-state index contributed by atoms with van der Waals surface area (Å²) in [5.41, 5.74) is 15.2. The number of hydrogen-bond donors (Lipinski definition) is 0. The zero-order valence-corrected chi connectivity index (χ0v) is 32.8. The fourth-order valence-electron chi connectivity index (χ4n) is 10.5. The van der Waals surface area contributed by atoms with Crippen molar-refractivity contribution in [1.82, 2.24) is 23.7 Å². The average Bonchev–Trinajstić information content (AvgIpc) is 3.97. The quantitative estimate of drug-likeness (QED) is 0.163. The summed E-state index contributed by atoms with van der Waals surface area (Å²) >= 11 is 0. The van der Waals surface area contributed by atoms with E-state index in [9.17, 15) is 0 Å². The van der Waals surface area contributed by atoms with Gasteiger partial charge in [-0.15, -0.1) is 0 Å². The van der Waals surface area contributed by atoms with E-state index in [4.69, 9.17) is 0 Å². The Labute approximate surface area is 349 Å². The van der Waals surface area contributed by atoms with Gasteiger partial charge in [0.15, 0.2) is 0 Å². The van der Waals surface area contributed by atoms with Crippen molar-refractivity contribution in [3.63, 3.8) is 0 Å². The van der Waals surface area contributed by atoms with Crippen molar-refractivity contribution < 1.29 is 0 Å². The van der Waals surface area contributed by atoms with Crippen LogP contribution in [0.5, 0.6) is 0 Å². The van der Waals surface area contributed by atoms with Crippen LogP contribution in [0.25, 0.3) is 126 Å². The molecule has 5 aromatic heterocycles. The zero-order valence-electron chi connectivity index (χ0n) is 32.8. The molecule has 14 rings (SSSR count). The highest BCUT2D eigenvalue weighted by atomic mass is 15.0. The lowest BCUT2D eigenvalue weighted by Crippen LogP contribution is -1.96. The number of pyridine rings is 2. The second-order valence-corrected chi connectivity index (χ2v) is 16.3. The third kappa shape index (κ3) is 4.55. The molecule has 0 bridgehead atoms. The number of hydrogen-bond acceptors (Lipinski definition) is 2. The Morgan fingerprint density at radius 2 is 0.705 bits per heavy atom. The van der Waals surface area contributed by atoms with Gasteiger partial charge in [0.05, 0.1) is 33.1 Å². The first-order chi connectivity index (χ1) is 30.2. The van der Waals surface area contributed by atoms with Gasteiger partial charge in [0, 0.05) is 74.2 Å². The maximum Gasteiger partial charge on any atom is 0.0553 e. The van der Waals surface area contributed by atoms with Crippen LogP contribution in [0.1, 0.15) is 0 Å². The minimum absolute atomic E-state index is 1.13. The van der Waals surface area contributed by atoms with Gasteiger partial charge in [-0.05, 0) is 153 Å². The predicted octanol–water partition coefficient (Wildman–Crippen LogP) is 14.3. The third-order valence-electron chi connectivity index (χ3n) is 13.1. The van der Waals surface area contributed by atoms with Crippen LogP contribution in [0.15, 0.2) is 201 Å². The van der Waals surface area contributed by atoms with E-state index in [1.165, 1.54) is 98.1 Å². The molecule has 0 unspecified atom stereocenters. The first-order valence-electron chi connectivity index (χ1n) is 20.8. The van der Waals surface area contributed by atoms with Crippen molar-refractivity contribution in [3.8, 4) is 39.3 Å². The molecule has 0 amide bonds. The van der Waals surface area contributed by atoms with Gasteiger partial charge in [-0.25, -0.2) is 0 Å². The van der Waals surface area contributed by atoms with E-state index < -0.39 is 0 Å². The van der Waals surface area contributed by atoms with Crippen molar-refractivity contribution in [1.29, 1.82) is 0 Å². The van der Waals surface area contributed by atoms with Crippen LogP contribution in [0.3, 0.4) is 0 Å². The van der Waals surface area contributed by atoms with Crippen LogP contribution in [0, 0.1) is 0 Å². The van der Waals surface area contributed by atoms with Crippen LogP contribution in [0.4, 0.5) is 0 Å². The smallest absolute Gasteiger partial charge is 0.0553 e. The van der Waals surface area contributed by atoms with Gasteiger partial charge in [-0.3, -0.25) is 9.97 Å². The maximum absolute atomic E-state index is 4.31. The fraction of sp³-hybridized carbons (Fsp3) is 0. The minimum Gasteiger partial charge on any atom is -0.309 e. The van der Waals surface area contributed by atoms with Crippen molar-refractivity contribution in [2.24, 2.45) is 0 Å². The molecular weight excluding hydrogens is 743 g/mol. The summed E-state index contributed by atoms with van der Waals surface area (Å²) < 4.78 is 7.37. The number of rotatable bonds is 5. The molecule has 0 saturated heterocycles. The molecule has 14 aromatic rings. The van der Waals surface area contributed by atoms with E-state index in [1.54, 1.807) is 0 Å². The summed E-state index contributed by atoms with van der Waals surface area (Å²) in [5, 5.41) is 12.6. The largest absolute Gasteiger partial charge is 0.309 e. The van der Waals surface area contributed by atoms with E-state index in [2.05, 4.69) is 200 Å². The SMILES string of the molecule is c1ccc(-n2c3ccc(-n4c5cccc6ccc7cc(-c8ccncc8)cc4c7c65)cc3c3cc(-n4c5cccc6ccc7cc(-c8ccncc8)cc4c7c65)ccc32)cc1. The third-order valence-corrected chi connectivity index (χ3v) is 13.1. The van der Waals surface area contributed by atoms with Gasteiger partial charge in [0.2, 0.25) is 0 Å². The second kappa shape index (κ2) is 12.1. The lowest BCUT2D eigenvalue weighted by Gasteiger charge is -2.11. The molecular formula is C56H33N5. The number of fused-ring (bicyclic) bond motifs is 3. The normalized spacial score (nSPS) is 12.3. The standard InChI is InChI=1S/C56H33N5/c1-2-8-42(9-3-1)59-47-18-16-43(60-49-10-4-6-36-12-14-38-28-40(34-20-24-57-25-21-34)30-51(60)55(38)53(36)49)32-45(47)46-33-44(17-19-48(46)59)61-50-11-5-7-37-13-15-39-29-41(35-22-26-58-27-23-35)31-52(61)56(39)54(37)50/h1-33H. The molecule has 5 heteroatoms. The monoisotopic (exact) mass is 775 g/mol. The highest BCUT2D eigenvalue weighted by molar-refractivity contribution is 6.26. The highest BCUT2D eigenvalue weighted by Gasteiger charge is 2.22.